The summed E-state index contributed by atoms with van der Waals surface area (Å²) < 4.78 is 29.0. The summed E-state index contributed by atoms with van der Waals surface area (Å²) in [6.07, 6.45) is 1.25. The molecule has 0 aromatic heterocycles. The molecule has 4 bridgehead atoms. The molecule has 3 aromatic carbocycles. The summed E-state index contributed by atoms with van der Waals surface area (Å²) in [5, 5.41) is 17.1. The van der Waals surface area contributed by atoms with Gasteiger partial charge >= 0.3 is 18.3 Å². The smallest absolute Gasteiger partial charge is 0.407 e. The van der Waals surface area contributed by atoms with E-state index in [-0.39, 0.29) is 68.3 Å². The van der Waals surface area contributed by atoms with E-state index in [4.69, 9.17) is 23.7 Å². The van der Waals surface area contributed by atoms with E-state index < -0.39 is 94.7 Å². The van der Waals surface area contributed by atoms with Gasteiger partial charge in [-0.3, -0.25) is 39.2 Å². The van der Waals surface area contributed by atoms with Gasteiger partial charge in [-0.1, -0.05) is 44.2 Å². The van der Waals surface area contributed by atoms with Crippen LogP contribution in [-0.4, -0.2) is 146 Å². The van der Waals surface area contributed by atoms with Crippen molar-refractivity contribution in [3.8, 4) is 22.6 Å². The first-order chi connectivity index (χ1) is 38.8. The van der Waals surface area contributed by atoms with Crippen LogP contribution in [0.1, 0.15) is 134 Å². The second-order valence-electron chi connectivity index (χ2n) is 23.1. The van der Waals surface area contributed by atoms with Crippen LogP contribution in [0.4, 0.5) is 14.4 Å². The third-order valence-corrected chi connectivity index (χ3v) is 12.4. The van der Waals surface area contributed by atoms with Gasteiger partial charge in [-0.15, -0.1) is 0 Å². The van der Waals surface area contributed by atoms with Crippen LogP contribution in [0.25, 0.3) is 11.1 Å². The van der Waals surface area contributed by atoms with Crippen LogP contribution in [0.2, 0.25) is 0 Å². The second kappa shape index (κ2) is 30.1. The number of rotatable bonds is 20. The highest BCUT2D eigenvalue weighted by atomic mass is 16.6. The van der Waals surface area contributed by atoms with Crippen molar-refractivity contribution in [2.24, 2.45) is 0 Å². The molecule has 83 heavy (non-hydrogen) atoms. The highest BCUT2D eigenvalue weighted by Crippen LogP contribution is 2.40. The normalized spacial score (nSPS) is 15.7. The van der Waals surface area contributed by atoms with Crippen LogP contribution < -0.4 is 46.8 Å². The molecule has 0 radical (unpaired) electrons. The van der Waals surface area contributed by atoms with Crippen molar-refractivity contribution >= 4 is 53.7 Å². The number of unbranched alkanes of at least 4 members (excludes halogenated alkanes) is 1. The number of nitrogens with zero attached hydrogens (tertiary/aromatic N) is 2. The number of nitrogens with one attached hydrogen (secondary N) is 7. The minimum Gasteiger partial charge on any atom is -0.491 e. The van der Waals surface area contributed by atoms with E-state index in [1.54, 1.807) is 112 Å². The van der Waals surface area contributed by atoms with E-state index in [0.717, 1.165) is 40.8 Å². The average Bonchev–Trinajstić information content (AvgIpc) is 3.38. The van der Waals surface area contributed by atoms with Crippen LogP contribution in [-0.2, 0) is 51.0 Å². The fourth-order valence-corrected chi connectivity index (χ4v) is 8.45. The van der Waals surface area contributed by atoms with Crippen LogP contribution in [0.3, 0.4) is 0 Å². The number of hydrogen-bond donors (Lipinski definition) is 7. The number of hydrazine groups is 1. The molecule has 4 atom stereocenters. The van der Waals surface area contributed by atoms with Gasteiger partial charge in [0.1, 0.15) is 65.7 Å². The molecular weight excluding hydrogens is 1070 g/mol. The van der Waals surface area contributed by atoms with Gasteiger partial charge in [0.05, 0.1) is 13.1 Å². The van der Waals surface area contributed by atoms with Crippen molar-refractivity contribution in [1.29, 1.82) is 0 Å². The fourth-order valence-electron chi connectivity index (χ4n) is 8.45. The average molecular weight is 1160 g/mol. The Bertz CT molecular complexity index is 2840. The van der Waals surface area contributed by atoms with Gasteiger partial charge in [0.2, 0.25) is 17.7 Å². The molecule has 23 heteroatoms. The lowest BCUT2D eigenvalue weighted by atomic mass is 9.93. The zero-order valence-electron chi connectivity index (χ0n) is 50.5. The number of alkyl carbamates (subject to hydrolysis) is 3. The van der Waals surface area contributed by atoms with Gasteiger partial charge in [0.15, 0.2) is 0 Å². The Labute approximate surface area is 487 Å². The summed E-state index contributed by atoms with van der Waals surface area (Å²) >= 11 is 0. The Hall–Kier alpha value is -8.37. The number of carbonyl (C=O) groups excluding carboxylic acids is 9. The van der Waals surface area contributed by atoms with Crippen LogP contribution in [0.5, 0.6) is 11.5 Å². The zero-order valence-corrected chi connectivity index (χ0v) is 50.5. The standard InChI is InChI=1S/C60H85N9O14/c1-16-18-19-38-20-23-41(36(3)32-38)51(72)65-44(26-27-61-55(76)81-58(5,6)7)54(75)68(14)49-40-22-25-47(80-31-29-63-57(78)83-60(11,12)13)43(35-40)42-33-39(21-24-46(42)79-30-28-62-56(77)82-59(8,9)10)34-45(52(73)67-69(15)48(70)17-2)66-50(71)37(4)64-53(49)74/h17,20-25,32-33,35,37,44-45,49H,2,16,18-19,26-31,34H2,1,3-15H3,(H,61,76)(H,62,77)(H,63,78)(H,64,74)(H,65,72)(H,66,71)(H,67,73)/t37-,44-,45-,49-/m0/s1. The summed E-state index contributed by atoms with van der Waals surface area (Å²) in [7, 11) is 2.66. The van der Waals surface area contributed by atoms with Gasteiger partial charge < -0.3 is 60.5 Å². The third-order valence-electron chi connectivity index (χ3n) is 12.4. The Kier molecular flexibility index (Phi) is 24.3. The van der Waals surface area contributed by atoms with Gasteiger partial charge in [-0.2, -0.15) is 0 Å². The lowest BCUT2D eigenvalue weighted by Crippen LogP contribution is -2.57. The van der Waals surface area contributed by atoms with Gasteiger partial charge in [-0.25, -0.2) is 14.4 Å². The topological polar surface area (TPSA) is 290 Å². The van der Waals surface area contributed by atoms with E-state index in [9.17, 15) is 33.6 Å². The first-order valence-electron chi connectivity index (χ1n) is 27.7. The maximum Gasteiger partial charge on any atom is 0.407 e. The molecule has 3 aromatic rings. The Morgan fingerprint density at radius 1 is 0.723 bits per heavy atom. The molecule has 7 N–H and O–H groups in total. The Morgan fingerprint density at radius 2 is 1.27 bits per heavy atom. The largest absolute Gasteiger partial charge is 0.491 e. The summed E-state index contributed by atoms with van der Waals surface area (Å²) in [5.41, 5.74) is 3.31. The highest BCUT2D eigenvalue weighted by Gasteiger charge is 2.37. The van der Waals surface area contributed by atoms with E-state index in [1.807, 2.05) is 12.1 Å². The molecule has 23 nitrogen and oxygen atoms in total. The lowest BCUT2D eigenvalue weighted by molar-refractivity contribution is -0.142. The monoisotopic (exact) mass is 1160 g/mol. The van der Waals surface area contributed by atoms with Gasteiger partial charge in [-0.05, 0) is 154 Å². The number of amides is 9. The van der Waals surface area contributed by atoms with E-state index >= 15 is 9.59 Å². The van der Waals surface area contributed by atoms with Gasteiger partial charge in [0, 0.05) is 43.8 Å². The summed E-state index contributed by atoms with van der Waals surface area (Å²) in [6.45, 7) is 23.8. The number of hydrogen-bond acceptors (Lipinski definition) is 14. The lowest BCUT2D eigenvalue weighted by Gasteiger charge is -2.33. The van der Waals surface area contributed by atoms with Crippen LogP contribution in [0, 0.1) is 6.92 Å². The molecule has 0 spiro atoms. The molecule has 9 amide bonds. The van der Waals surface area contributed by atoms with Crippen molar-refractivity contribution in [2.45, 2.75) is 156 Å². The Balaban J connectivity index is 1.95. The zero-order chi connectivity index (χ0) is 62.0. The number of benzene rings is 3. The molecule has 1 aliphatic heterocycles. The molecule has 0 fully saturated rings. The Morgan fingerprint density at radius 3 is 1.80 bits per heavy atom. The number of likely N-dealkylation sites (N-methyl/N-ethyl adjacent to an activating group) is 2. The van der Waals surface area contributed by atoms with Gasteiger partial charge in [0.25, 0.3) is 17.7 Å². The van der Waals surface area contributed by atoms with E-state index in [1.165, 1.54) is 21.0 Å². The minimum absolute atomic E-state index is 0.0107. The van der Waals surface area contributed by atoms with Crippen molar-refractivity contribution in [3.05, 3.63) is 95.1 Å². The van der Waals surface area contributed by atoms with Crippen molar-refractivity contribution in [2.75, 3.05) is 46.9 Å². The first-order valence-corrected chi connectivity index (χ1v) is 27.7. The summed E-state index contributed by atoms with van der Waals surface area (Å²) in [5.74, 6) is -4.08. The van der Waals surface area contributed by atoms with Crippen molar-refractivity contribution < 1.29 is 66.8 Å². The first kappa shape index (κ1) is 67.1. The summed E-state index contributed by atoms with van der Waals surface area (Å²) in [6, 6.07) is 9.40. The predicted molar refractivity (Wildman–Crippen MR) is 311 cm³/mol. The third kappa shape index (κ3) is 21.8. The molecule has 0 unspecified atom stereocenters. The molecule has 454 valence electrons. The molecule has 0 aliphatic carbocycles. The molecule has 0 saturated heterocycles. The highest BCUT2D eigenvalue weighted by molar-refractivity contribution is 6.00. The fraction of sp³-hybridized carbons (Fsp3) is 0.517. The van der Waals surface area contributed by atoms with E-state index in [0.29, 0.717) is 22.3 Å². The van der Waals surface area contributed by atoms with Crippen molar-refractivity contribution in [3.63, 3.8) is 0 Å². The van der Waals surface area contributed by atoms with Crippen LogP contribution in [0.15, 0.2) is 67.3 Å². The molecule has 4 rings (SSSR count). The number of fused-ring (bicyclic) bond motifs is 5. The predicted octanol–water partition coefficient (Wildman–Crippen LogP) is 6.25. The number of carbonyl (C=O) groups is 9. The molecular formula is C60H85N9O14. The molecule has 1 aliphatic rings. The summed E-state index contributed by atoms with van der Waals surface area (Å²) in [4.78, 5) is 125. The molecule has 1 heterocycles. The number of aryl methyl sites for hydroxylation is 2. The van der Waals surface area contributed by atoms with Crippen molar-refractivity contribution in [1.82, 2.24) is 47.2 Å². The number of ether oxygens (including phenoxy) is 5. The quantitative estimate of drug-likeness (QED) is 0.0285. The second-order valence-corrected chi connectivity index (χ2v) is 23.1. The maximum atomic E-state index is 15.3. The minimum atomic E-state index is -1.58. The SMILES string of the molecule is C=CC(=O)N(C)NC(=O)[C@@H]1Cc2ccc(OCCNC(=O)OC(C)(C)C)c(c2)-c2cc(ccc2OCCNC(=O)OC(C)(C)C)[C@H](N(C)C(=O)[C@H](CCNC(=O)OC(C)(C)C)NC(=O)c2ccc(CCCC)cc2C)C(=O)N[C@@H](C)C(=O)N1. The van der Waals surface area contributed by atoms with E-state index in [2.05, 4.69) is 50.8 Å². The molecule has 0 saturated carbocycles. The maximum absolute atomic E-state index is 15.3. The van der Waals surface area contributed by atoms with Crippen LogP contribution >= 0.6 is 0 Å².